The Balaban J connectivity index is 2.31. The van der Waals surface area contributed by atoms with Crippen LogP contribution >= 0.6 is 0 Å². The summed E-state index contributed by atoms with van der Waals surface area (Å²) in [7, 11) is -4.15. The smallest absolute Gasteiger partial charge is 0.254 e. The summed E-state index contributed by atoms with van der Waals surface area (Å²) < 4.78 is 35.0. The highest BCUT2D eigenvalue weighted by atomic mass is 32.2. The van der Waals surface area contributed by atoms with E-state index < -0.39 is 21.1 Å². The fraction of sp³-hybridized carbons (Fsp3) is 0.0588. The SMILES string of the molecule is CS(=O)(=O)N(N=O)c1cc2occ(N(C=O)N=O)c(=O)c2cc1Oc1ccccc1. The summed E-state index contributed by atoms with van der Waals surface area (Å²) >= 11 is 0. The molecule has 0 bridgehead atoms. The van der Waals surface area contributed by atoms with Crippen molar-refractivity contribution in [3.05, 3.63) is 68.8 Å². The first-order valence-electron chi connectivity index (χ1n) is 8.04. The molecule has 0 saturated carbocycles. The van der Waals surface area contributed by atoms with Gasteiger partial charge in [-0.05, 0) is 18.2 Å². The molecule has 0 fully saturated rings. The van der Waals surface area contributed by atoms with Crippen molar-refractivity contribution in [2.75, 3.05) is 15.7 Å². The van der Waals surface area contributed by atoms with Gasteiger partial charge in [0.25, 0.3) is 10.0 Å². The number of ether oxygens (including phenoxy) is 1. The van der Waals surface area contributed by atoms with Gasteiger partial charge in [0.15, 0.2) is 11.4 Å². The van der Waals surface area contributed by atoms with Crippen molar-refractivity contribution in [2.45, 2.75) is 0 Å². The summed E-state index contributed by atoms with van der Waals surface area (Å²) in [4.78, 5) is 45.6. The number of hydrogen-bond acceptors (Lipinski definition) is 10. The molecular weight excluding hydrogens is 420 g/mol. The van der Waals surface area contributed by atoms with Crippen molar-refractivity contribution in [1.29, 1.82) is 0 Å². The first kappa shape index (κ1) is 20.6. The Morgan fingerprint density at radius 2 is 1.77 bits per heavy atom. The van der Waals surface area contributed by atoms with Gasteiger partial charge in [-0.1, -0.05) is 18.2 Å². The molecule has 30 heavy (non-hydrogen) atoms. The number of para-hydroxylation sites is 1. The van der Waals surface area contributed by atoms with E-state index in [-0.39, 0.29) is 44.0 Å². The Labute approximate surface area is 168 Å². The van der Waals surface area contributed by atoms with Gasteiger partial charge < -0.3 is 9.15 Å². The van der Waals surface area contributed by atoms with Crippen LogP contribution in [0, 0.1) is 9.81 Å². The normalized spacial score (nSPS) is 11.0. The fourth-order valence-electron chi connectivity index (χ4n) is 2.54. The predicted octanol–water partition coefficient (Wildman–Crippen LogP) is 2.68. The summed E-state index contributed by atoms with van der Waals surface area (Å²) in [5.74, 6) is 0.0435. The zero-order valence-electron chi connectivity index (χ0n) is 15.2. The van der Waals surface area contributed by atoms with Gasteiger partial charge in [-0.25, -0.2) is 8.42 Å². The number of rotatable bonds is 8. The number of nitrogens with zero attached hydrogens (tertiary/aromatic N) is 4. The van der Waals surface area contributed by atoms with Crippen LogP contribution in [-0.2, 0) is 14.8 Å². The van der Waals surface area contributed by atoms with Gasteiger partial charge in [0, 0.05) is 6.07 Å². The molecular formula is C17H12N4O8S. The lowest BCUT2D eigenvalue weighted by Gasteiger charge is -2.18. The predicted molar refractivity (Wildman–Crippen MR) is 106 cm³/mol. The molecule has 0 radical (unpaired) electrons. The highest BCUT2D eigenvalue weighted by Gasteiger charge is 2.26. The molecule has 0 atom stereocenters. The minimum absolute atomic E-state index is 0.0164. The fourth-order valence-corrected chi connectivity index (χ4v) is 3.16. The molecule has 1 heterocycles. The van der Waals surface area contributed by atoms with Gasteiger partial charge in [0.1, 0.15) is 23.3 Å². The lowest BCUT2D eigenvalue weighted by molar-refractivity contribution is -0.107. The maximum absolute atomic E-state index is 12.7. The van der Waals surface area contributed by atoms with Crippen LogP contribution in [0.2, 0.25) is 0 Å². The van der Waals surface area contributed by atoms with Crippen LogP contribution in [0.25, 0.3) is 11.0 Å². The van der Waals surface area contributed by atoms with Crippen molar-refractivity contribution in [3.8, 4) is 11.5 Å². The third-order valence-electron chi connectivity index (χ3n) is 3.84. The molecule has 0 aliphatic carbocycles. The van der Waals surface area contributed by atoms with Crippen LogP contribution in [-0.4, -0.2) is 21.1 Å². The zero-order chi connectivity index (χ0) is 21.9. The minimum atomic E-state index is -4.15. The zero-order valence-corrected chi connectivity index (χ0v) is 16.0. The first-order chi connectivity index (χ1) is 14.3. The van der Waals surface area contributed by atoms with Crippen LogP contribution in [0.1, 0.15) is 0 Å². The second kappa shape index (κ2) is 8.08. The molecule has 12 nitrogen and oxygen atoms in total. The molecule has 0 aliphatic rings. The van der Waals surface area contributed by atoms with Gasteiger partial charge in [-0.3, -0.25) is 9.59 Å². The average Bonchev–Trinajstić information content (AvgIpc) is 2.71. The Hall–Kier alpha value is -4.13. The molecule has 2 aromatic carbocycles. The minimum Gasteiger partial charge on any atom is -0.462 e. The largest absolute Gasteiger partial charge is 0.462 e. The molecule has 13 heteroatoms. The summed E-state index contributed by atoms with van der Waals surface area (Å²) in [5.41, 5.74) is -1.77. The number of carbonyl (C=O) groups is 1. The van der Waals surface area contributed by atoms with Crippen LogP contribution < -0.4 is 19.6 Å². The van der Waals surface area contributed by atoms with Crippen LogP contribution in [0.15, 0.2) is 68.5 Å². The Morgan fingerprint density at radius 1 is 1.07 bits per heavy atom. The maximum Gasteiger partial charge on any atom is 0.254 e. The summed E-state index contributed by atoms with van der Waals surface area (Å²) in [5, 5.41) is 4.98. The van der Waals surface area contributed by atoms with Crippen molar-refractivity contribution >= 4 is 38.8 Å². The van der Waals surface area contributed by atoms with E-state index in [0.29, 0.717) is 0 Å². The highest BCUT2D eigenvalue weighted by Crippen LogP contribution is 2.37. The summed E-state index contributed by atoms with van der Waals surface area (Å²) in [6.07, 6.45) is 1.56. The van der Waals surface area contributed by atoms with Crippen molar-refractivity contribution in [1.82, 2.24) is 0 Å². The maximum atomic E-state index is 12.7. The standard InChI is InChI=1S/C17H12N4O8S/c1-30(26,27)21(19-25)13-8-15-12(7-16(13)29-11-5-3-2-4-6-11)17(23)14(9-28-15)20(10-22)18-24/h2-10H,1H3. The van der Waals surface area contributed by atoms with E-state index in [1.165, 1.54) is 0 Å². The number of benzene rings is 2. The molecule has 3 aromatic rings. The van der Waals surface area contributed by atoms with E-state index in [2.05, 4.69) is 10.6 Å². The van der Waals surface area contributed by atoms with E-state index >= 15 is 0 Å². The van der Waals surface area contributed by atoms with Gasteiger partial charge >= 0.3 is 0 Å². The first-order valence-corrected chi connectivity index (χ1v) is 9.88. The number of hydrogen-bond donors (Lipinski definition) is 0. The average molecular weight is 432 g/mol. The Morgan fingerprint density at radius 3 is 2.33 bits per heavy atom. The Bertz CT molecular complexity index is 1280. The number of amides is 1. The summed E-state index contributed by atoms with van der Waals surface area (Å²) in [6, 6.07) is 10.3. The molecule has 0 spiro atoms. The van der Waals surface area contributed by atoms with Crippen molar-refractivity contribution in [3.63, 3.8) is 0 Å². The van der Waals surface area contributed by atoms with E-state index in [4.69, 9.17) is 9.15 Å². The monoisotopic (exact) mass is 432 g/mol. The highest BCUT2D eigenvalue weighted by molar-refractivity contribution is 7.92. The number of nitroso groups, excluding NO2 is 2. The van der Waals surface area contributed by atoms with Gasteiger partial charge in [-0.15, -0.1) is 14.2 Å². The van der Waals surface area contributed by atoms with E-state index in [1.807, 2.05) is 0 Å². The van der Waals surface area contributed by atoms with Crippen molar-refractivity contribution in [2.24, 2.45) is 10.6 Å². The third kappa shape index (κ3) is 3.86. The van der Waals surface area contributed by atoms with Gasteiger partial charge in [-0.2, -0.15) is 5.01 Å². The van der Waals surface area contributed by atoms with Crippen molar-refractivity contribution < 1.29 is 22.4 Å². The molecule has 1 amide bonds. The third-order valence-corrected chi connectivity index (χ3v) is 4.73. The lowest BCUT2D eigenvalue weighted by Crippen LogP contribution is -2.24. The van der Waals surface area contributed by atoms with Crippen LogP contribution in [0.3, 0.4) is 0 Å². The topological polar surface area (TPSA) is 156 Å². The lowest BCUT2D eigenvalue weighted by atomic mass is 10.2. The molecule has 154 valence electrons. The van der Waals surface area contributed by atoms with E-state index in [9.17, 15) is 27.8 Å². The second-order valence-corrected chi connectivity index (χ2v) is 7.61. The molecule has 0 saturated heterocycles. The number of fused-ring (bicyclic) bond motifs is 1. The van der Waals surface area contributed by atoms with Gasteiger partial charge in [0.2, 0.25) is 11.8 Å². The number of carbonyl (C=O) groups excluding carboxylic acids is 1. The molecule has 0 N–H and O–H groups in total. The quantitative estimate of drug-likeness (QED) is 0.299. The second-order valence-electron chi connectivity index (χ2n) is 5.80. The molecule has 1 aromatic heterocycles. The number of anilines is 2. The van der Waals surface area contributed by atoms with Crippen LogP contribution in [0.4, 0.5) is 11.4 Å². The van der Waals surface area contributed by atoms with E-state index in [0.717, 1.165) is 24.7 Å². The Kier molecular flexibility index (Phi) is 5.55. The summed E-state index contributed by atoms with van der Waals surface area (Å²) in [6.45, 7) is 0. The van der Waals surface area contributed by atoms with Crippen LogP contribution in [0.5, 0.6) is 11.5 Å². The molecule has 3 rings (SSSR count). The molecule has 0 aliphatic heterocycles. The number of sulfonamides is 1. The van der Waals surface area contributed by atoms with Gasteiger partial charge in [0.05, 0.1) is 22.2 Å². The van der Waals surface area contributed by atoms with E-state index in [1.54, 1.807) is 30.3 Å². The molecule has 0 unspecified atom stereocenters.